The molecule has 2 aromatic heterocycles. The SMILES string of the molecule is CCNC(Cc1ncnn1C)c1ncccn1. The molecule has 6 heteroatoms. The maximum absolute atomic E-state index is 4.28. The minimum Gasteiger partial charge on any atom is -0.307 e. The number of aryl methyl sites for hydroxylation is 1. The molecule has 0 saturated carbocycles. The Bertz CT molecular complexity index is 452. The van der Waals surface area contributed by atoms with Gasteiger partial charge in [-0.25, -0.2) is 15.0 Å². The molecule has 0 bridgehead atoms. The van der Waals surface area contributed by atoms with E-state index in [-0.39, 0.29) is 6.04 Å². The molecule has 6 nitrogen and oxygen atoms in total. The molecule has 0 fully saturated rings. The maximum Gasteiger partial charge on any atom is 0.145 e. The average Bonchev–Trinajstić information content (AvgIpc) is 2.76. The van der Waals surface area contributed by atoms with Crippen LogP contribution in [0.3, 0.4) is 0 Å². The van der Waals surface area contributed by atoms with Crippen LogP contribution < -0.4 is 5.32 Å². The van der Waals surface area contributed by atoms with E-state index in [9.17, 15) is 0 Å². The first-order valence-corrected chi connectivity index (χ1v) is 5.64. The first-order chi connectivity index (χ1) is 8.31. The van der Waals surface area contributed by atoms with Crippen molar-refractivity contribution in [2.45, 2.75) is 19.4 Å². The summed E-state index contributed by atoms with van der Waals surface area (Å²) in [5.74, 6) is 1.71. The summed E-state index contributed by atoms with van der Waals surface area (Å²) in [7, 11) is 1.89. The van der Waals surface area contributed by atoms with Crippen LogP contribution >= 0.6 is 0 Å². The van der Waals surface area contributed by atoms with Crippen LogP contribution in [0.5, 0.6) is 0 Å². The minimum absolute atomic E-state index is 0.0732. The summed E-state index contributed by atoms with van der Waals surface area (Å²) in [5, 5.41) is 7.42. The predicted molar refractivity (Wildman–Crippen MR) is 63.2 cm³/mol. The Morgan fingerprint density at radius 3 is 2.65 bits per heavy atom. The summed E-state index contributed by atoms with van der Waals surface area (Å²) in [6, 6.07) is 1.89. The van der Waals surface area contributed by atoms with E-state index in [0.717, 1.165) is 24.6 Å². The third-order valence-electron chi connectivity index (χ3n) is 2.54. The Morgan fingerprint density at radius 2 is 2.06 bits per heavy atom. The van der Waals surface area contributed by atoms with Crippen LogP contribution in [0.1, 0.15) is 24.6 Å². The molecular formula is C11H16N6. The highest BCUT2D eigenvalue weighted by Gasteiger charge is 2.16. The second kappa shape index (κ2) is 5.49. The number of hydrogen-bond donors (Lipinski definition) is 1. The van der Waals surface area contributed by atoms with Crippen molar-refractivity contribution >= 4 is 0 Å². The van der Waals surface area contributed by atoms with E-state index in [0.29, 0.717) is 0 Å². The lowest BCUT2D eigenvalue weighted by molar-refractivity contribution is 0.498. The molecule has 2 heterocycles. The van der Waals surface area contributed by atoms with Crippen LogP contribution in [0.15, 0.2) is 24.8 Å². The zero-order valence-corrected chi connectivity index (χ0v) is 10.0. The van der Waals surface area contributed by atoms with Crippen molar-refractivity contribution in [3.05, 3.63) is 36.4 Å². The van der Waals surface area contributed by atoms with E-state index >= 15 is 0 Å². The Labute approximate surface area is 100 Å². The molecular weight excluding hydrogens is 216 g/mol. The third kappa shape index (κ3) is 2.85. The van der Waals surface area contributed by atoms with Gasteiger partial charge in [-0.1, -0.05) is 6.92 Å². The minimum atomic E-state index is 0.0732. The van der Waals surface area contributed by atoms with Gasteiger partial charge in [-0.3, -0.25) is 4.68 Å². The number of nitrogens with zero attached hydrogens (tertiary/aromatic N) is 5. The molecule has 0 amide bonds. The number of rotatable bonds is 5. The lowest BCUT2D eigenvalue weighted by atomic mass is 10.2. The summed E-state index contributed by atoms with van der Waals surface area (Å²) in [4.78, 5) is 12.8. The highest BCUT2D eigenvalue weighted by molar-refractivity contribution is 5.01. The molecule has 2 rings (SSSR count). The molecule has 1 unspecified atom stereocenters. The molecule has 0 saturated heterocycles. The van der Waals surface area contributed by atoms with Gasteiger partial charge in [0.15, 0.2) is 0 Å². The normalized spacial score (nSPS) is 12.6. The van der Waals surface area contributed by atoms with Gasteiger partial charge >= 0.3 is 0 Å². The molecule has 90 valence electrons. The highest BCUT2D eigenvalue weighted by Crippen LogP contribution is 2.12. The monoisotopic (exact) mass is 232 g/mol. The Hall–Kier alpha value is -1.82. The molecule has 17 heavy (non-hydrogen) atoms. The van der Waals surface area contributed by atoms with Gasteiger partial charge in [-0.05, 0) is 12.6 Å². The summed E-state index contributed by atoms with van der Waals surface area (Å²) in [6.45, 7) is 2.92. The van der Waals surface area contributed by atoms with E-state index in [4.69, 9.17) is 0 Å². The van der Waals surface area contributed by atoms with Crippen LogP contribution in [0, 0.1) is 0 Å². The van der Waals surface area contributed by atoms with Crippen LogP contribution in [0.4, 0.5) is 0 Å². The lowest BCUT2D eigenvalue weighted by Gasteiger charge is -2.15. The van der Waals surface area contributed by atoms with Gasteiger partial charge in [0.25, 0.3) is 0 Å². The molecule has 0 radical (unpaired) electrons. The quantitative estimate of drug-likeness (QED) is 0.813. The van der Waals surface area contributed by atoms with E-state index < -0.39 is 0 Å². The van der Waals surface area contributed by atoms with Crippen molar-refractivity contribution in [1.82, 2.24) is 30.0 Å². The third-order valence-corrected chi connectivity index (χ3v) is 2.54. The lowest BCUT2D eigenvalue weighted by Crippen LogP contribution is -2.26. The van der Waals surface area contributed by atoms with Crippen LogP contribution in [-0.4, -0.2) is 31.3 Å². The topological polar surface area (TPSA) is 68.5 Å². The van der Waals surface area contributed by atoms with Gasteiger partial charge in [0.1, 0.15) is 18.0 Å². The Kier molecular flexibility index (Phi) is 3.77. The predicted octanol–water partition coefficient (Wildman–Crippen LogP) is 0.498. The van der Waals surface area contributed by atoms with Crippen molar-refractivity contribution in [2.24, 2.45) is 7.05 Å². The van der Waals surface area contributed by atoms with Gasteiger partial charge in [-0.2, -0.15) is 5.10 Å². The van der Waals surface area contributed by atoms with Gasteiger partial charge in [-0.15, -0.1) is 0 Å². The molecule has 0 aromatic carbocycles. The standard InChI is InChI=1S/C11H16N6/c1-3-12-9(11-13-5-4-6-14-11)7-10-15-8-16-17(10)2/h4-6,8-9,12H,3,7H2,1-2H3. The number of hydrogen-bond acceptors (Lipinski definition) is 5. The van der Waals surface area contributed by atoms with Crippen molar-refractivity contribution in [1.29, 1.82) is 0 Å². The zero-order chi connectivity index (χ0) is 12.1. The van der Waals surface area contributed by atoms with E-state index in [1.807, 2.05) is 13.1 Å². The van der Waals surface area contributed by atoms with Crippen molar-refractivity contribution in [3.63, 3.8) is 0 Å². The van der Waals surface area contributed by atoms with Crippen LogP contribution in [0.2, 0.25) is 0 Å². The van der Waals surface area contributed by atoms with Gasteiger partial charge < -0.3 is 5.32 Å². The smallest absolute Gasteiger partial charge is 0.145 e. The molecule has 2 aromatic rings. The molecule has 1 atom stereocenters. The molecule has 0 aliphatic rings. The van der Waals surface area contributed by atoms with E-state index in [1.54, 1.807) is 23.4 Å². The average molecular weight is 232 g/mol. The summed E-state index contributed by atoms with van der Waals surface area (Å²) in [5.41, 5.74) is 0. The van der Waals surface area contributed by atoms with Crippen molar-refractivity contribution in [2.75, 3.05) is 6.54 Å². The second-order valence-corrected chi connectivity index (χ2v) is 3.72. The molecule has 0 aliphatic heterocycles. The fraction of sp³-hybridized carbons (Fsp3) is 0.455. The number of aromatic nitrogens is 5. The fourth-order valence-corrected chi connectivity index (χ4v) is 1.68. The zero-order valence-electron chi connectivity index (χ0n) is 10.0. The van der Waals surface area contributed by atoms with Gasteiger partial charge in [0.2, 0.25) is 0 Å². The van der Waals surface area contributed by atoms with E-state index in [1.165, 1.54) is 0 Å². The van der Waals surface area contributed by atoms with Gasteiger partial charge in [0.05, 0.1) is 6.04 Å². The number of likely N-dealkylation sites (N-methyl/N-ethyl adjacent to an activating group) is 1. The molecule has 0 spiro atoms. The Morgan fingerprint density at radius 1 is 1.29 bits per heavy atom. The fourth-order valence-electron chi connectivity index (χ4n) is 1.68. The largest absolute Gasteiger partial charge is 0.307 e. The van der Waals surface area contributed by atoms with E-state index in [2.05, 4.69) is 32.3 Å². The van der Waals surface area contributed by atoms with Crippen molar-refractivity contribution < 1.29 is 0 Å². The van der Waals surface area contributed by atoms with Crippen LogP contribution in [0.25, 0.3) is 0 Å². The second-order valence-electron chi connectivity index (χ2n) is 3.72. The first-order valence-electron chi connectivity index (χ1n) is 5.64. The van der Waals surface area contributed by atoms with Crippen molar-refractivity contribution in [3.8, 4) is 0 Å². The highest BCUT2D eigenvalue weighted by atomic mass is 15.3. The number of nitrogens with one attached hydrogen (secondary N) is 1. The van der Waals surface area contributed by atoms with Gasteiger partial charge in [0, 0.05) is 25.9 Å². The maximum atomic E-state index is 4.28. The first kappa shape index (κ1) is 11.7. The molecule has 1 N–H and O–H groups in total. The summed E-state index contributed by atoms with van der Waals surface area (Å²) >= 11 is 0. The Balaban J connectivity index is 2.16. The molecule has 0 aliphatic carbocycles. The summed E-state index contributed by atoms with van der Waals surface area (Å²) < 4.78 is 1.77. The van der Waals surface area contributed by atoms with Crippen LogP contribution in [-0.2, 0) is 13.5 Å². The summed E-state index contributed by atoms with van der Waals surface area (Å²) in [6.07, 6.45) is 5.80.